The Morgan fingerprint density at radius 1 is 1.28 bits per heavy atom. The highest BCUT2D eigenvalue weighted by atomic mass is 32.2. The largest absolute Gasteiger partial charge is 0.416 e. The minimum Gasteiger partial charge on any atom is -0.326 e. The molecule has 1 aromatic rings. The first-order chi connectivity index (χ1) is 14.9. The SMILES string of the molecule is CC1(C)[C@H]2CC[C@]1(C)/C(=N/N=C1\NC(=O)[C@H](CC(=O)Nc3cccc(C(F)(F)F)c3)S1)C2. The summed E-state index contributed by atoms with van der Waals surface area (Å²) < 4.78 is 38.5. The highest BCUT2D eigenvalue weighted by Gasteiger charge is 2.60. The van der Waals surface area contributed by atoms with E-state index in [1.807, 2.05) is 0 Å². The van der Waals surface area contributed by atoms with Gasteiger partial charge >= 0.3 is 6.18 Å². The monoisotopic (exact) mass is 466 g/mol. The fraction of sp³-hybridized carbons (Fsp3) is 0.545. The zero-order valence-electron chi connectivity index (χ0n) is 18.0. The lowest BCUT2D eigenvalue weighted by Gasteiger charge is -2.34. The number of anilines is 1. The lowest BCUT2D eigenvalue weighted by Crippen LogP contribution is -2.32. The smallest absolute Gasteiger partial charge is 0.326 e. The van der Waals surface area contributed by atoms with E-state index in [4.69, 9.17) is 0 Å². The Hall–Kier alpha value is -2.36. The van der Waals surface area contributed by atoms with Crippen LogP contribution in [0, 0.1) is 16.7 Å². The third-order valence-corrected chi connectivity index (χ3v) is 8.47. The van der Waals surface area contributed by atoms with Gasteiger partial charge in [-0.2, -0.15) is 18.3 Å². The highest BCUT2D eigenvalue weighted by molar-refractivity contribution is 8.15. The number of nitrogens with zero attached hydrogens (tertiary/aromatic N) is 2. The molecule has 3 atom stereocenters. The van der Waals surface area contributed by atoms with E-state index in [0.717, 1.165) is 42.4 Å². The lowest BCUT2D eigenvalue weighted by atomic mass is 9.70. The van der Waals surface area contributed by atoms with Crippen LogP contribution >= 0.6 is 11.8 Å². The molecule has 1 saturated heterocycles. The van der Waals surface area contributed by atoms with Gasteiger partial charge in [-0.25, -0.2) is 0 Å². The van der Waals surface area contributed by atoms with Crippen LogP contribution in [0.4, 0.5) is 18.9 Å². The summed E-state index contributed by atoms with van der Waals surface area (Å²) in [7, 11) is 0. The molecule has 2 N–H and O–H groups in total. The number of benzene rings is 1. The number of fused-ring (bicyclic) bond motifs is 2. The number of hydrogen-bond acceptors (Lipinski definition) is 5. The molecule has 2 aliphatic carbocycles. The molecule has 2 bridgehead atoms. The first kappa shape index (κ1) is 22.8. The Balaban J connectivity index is 1.38. The molecule has 0 spiro atoms. The molecule has 2 amide bonds. The third kappa shape index (κ3) is 4.04. The molecule has 32 heavy (non-hydrogen) atoms. The molecule has 1 aromatic carbocycles. The van der Waals surface area contributed by atoms with E-state index in [9.17, 15) is 22.8 Å². The number of amides is 2. The molecule has 3 fully saturated rings. The molecular formula is C22H25F3N4O2S. The molecular weight excluding hydrogens is 441 g/mol. The van der Waals surface area contributed by atoms with Crippen molar-refractivity contribution in [3.05, 3.63) is 29.8 Å². The maximum absolute atomic E-state index is 12.8. The van der Waals surface area contributed by atoms with Crippen molar-refractivity contribution in [1.29, 1.82) is 0 Å². The Morgan fingerprint density at radius 2 is 2.03 bits per heavy atom. The number of carbonyl (C=O) groups is 2. The van der Waals surface area contributed by atoms with Crippen LogP contribution in [0.15, 0.2) is 34.5 Å². The average molecular weight is 467 g/mol. The highest BCUT2D eigenvalue weighted by Crippen LogP contribution is 2.64. The Labute approximate surface area is 188 Å². The van der Waals surface area contributed by atoms with Crippen LogP contribution in [0.1, 0.15) is 52.0 Å². The van der Waals surface area contributed by atoms with Gasteiger partial charge in [-0.15, -0.1) is 5.10 Å². The van der Waals surface area contributed by atoms with E-state index in [1.165, 1.54) is 18.6 Å². The summed E-state index contributed by atoms with van der Waals surface area (Å²) in [4.78, 5) is 24.6. The lowest BCUT2D eigenvalue weighted by molar-refractivity contribution is -0.137. The van der Waals surface area contributed by atoms with Gasteiger partial charge in [0.1, 0.15) is 5.25 Å². The number of nitrogens with one attached hydrogen (secondary N) is 2. The van der Waals surface area contributed by atoms with Crippen LogP contribution < -0.4 is 10.6 Å². The number of alkyl halides is 3. The van der Waals surface area contributed by atoms with Crippen LogP contribution in [0.3, 0.4) is 0 Å². The minimum absolute atomic E-state index is 0.000748. The maximum atomic E-state index is 12.8. The predicted molar refractivity (Wildman–Crippen MR) is 118 cm³/mol. The molecule has 10 heteroatoms. The van der Waals surface area contributed by atoms with Crippen LogP contribution in [-0.4, -0.2) is 27.9 Å². The maximum Gasteiger partial charge on any atom is 0.416 e. The van der Waals surface area contributed by atoms with Crippen LogP contribution in [0.2, 0.25) is 0 Å². The van der Waals surface area contributed by atoms with Crippen molar-refractivity contribution in [3.63, 3.8) is 0 Å². The zero-order valence-corrected chi connectivity index (χ0v) is 18.9. The second-order valence-electron chi connectivity index (χ2n) is 9.37. The summed E-state index contributed by atoms with van der Waals surface area (Å²) >= 11 is 1.11. The van der Waals surface area contributed by atoms with Gasteiger partial charge in [0.25, 0.3) is 0 Å². The van der Waals surface area contributed by atoms with E-state index in [0.29, 0.717) is 11.1 Å². The van der Waals surface area contributed by atoms with E-state index < -0.39 is 22.9 Å². The average Bonchev–Trinajstić information content (AvgIpc) is 3.22. The fourth-order valence-electron chi connectivity index (χ4n) is 4.93. The van der Waals surface area contributed by atoms with Crippen molar-refractivity contribution >= 4 is 40.1 Å². The van der Waals surface area contributed by atoms with Gasteiger partial charge in [0, 0.05) is 23.2 Å². The summed E-state index contributed by atoms with van der Waals surface area (Å²) in [6, 6.07) is 4.38. The van der Waals surface area contributed by atoms with Gasteiger partial charge in [0.05, 0.1) is 5.56 Å². The Bertz CT molecular complexity index is 1020. The first-order valence-electron chi connectivity index (χ1n) is 10.5. The normalized spacial score (nSPS) is 31.4. The fourth-order valence-corrected chi connectivity index (χ4v) is 5.84. The van der Waals surface area contributed by atoms with Crippen LogP contribution in [-0.2, 0) is 15.8 Å². The summed E-state index contributed by atoms with van der Waals surface area (Å²) in [6.45, 7) is 6.76. The number of amidine groups is 1. The number of halogens is 3. The van der Waals surface area contributed by atoms with E-state index >= 15 is 0 Å². The van der Waals surface area contributed by atoms with Crippen molar-refractivity contribution in [1.82, 2.24) is 5.32 Å². The molecule has 172 valence electrons. The topological polar surface area (TPSA) is 82.9 Å². The van der Waals surface area contributed by atoms with Crippen molar-refractivity contribution in [2.24, 2.45) is 27.0 Å². The number of rotatable bonds is 4. The molecule has 3 aliphatic rings. The van der Waals surface area contributed by atoms with E-state index in [1.54, 1.807) is 0 Å². The second kappa shape index (κ2) is 7.90. The summed E-state index contributed by atoms with van der Waals surface area (Å²) in [6.07, 6.45) is -1.52. The second-order valence-corrected chi connectivity index (χ2v) is 10.6. The van der Waals surface area contributed by atoms with E-state index in [-0.39, 0.29) is 28.8 Å². The van der Waals surface area contributed by atoms with Crippen molar-refractivity contribution < 1.29 is 22.8 Å². The predicted octanol–water partition coefficient (Wildman–Crippen LogP) is 4.82. The van der Waals surface area contributed by atoms with Crippen LogP contribution in [0.25, 0.3) is 0 Å². The van der Waals surface area contributed by atoms with E-state index in [2.05, 4.69) is 41.6 Å². The van der Waals surface area contributed by atoms with Crippen LogP contribution in [0.5, 0.6) is 0 Å². The van der Waals surface area contributed by atoms with Crippen molar-refractivity contribution in [2.45, 2.75) is 57.9 Å². The number of hydrogen-bond donors (Lipinski definition) is 2. The first-order valence-corrected chi connectivity index (χ1v) is 11.4. The van der Waals surface area contributed by atoms with Gasteiger partial charge in [-0.3, -0.25) is 9.59 Å². The Morgan fingerprint density at radius 3 is 2.66 bits per heavy atom. The Kier molecular flexibility index (Phi) is 5.63. The molecule has 1 heterocycles. The van der Waals surface area contributed by atoms with Crippen molar-refractivity contribution in [3.8, 4) is 0 Å². The standard InChI is InChI=1S/C22H25F3N4O2S/c1-20(2)12-7-8-21(20,3)16(10-12)28-29-19-27-18(31)15(32-19)11-17(30)26-14-6-4-5-13(9-14)22(23,24)25/h4-6,9,12,15H,7-8,10-11H2,1-3H3,(H,26,30)(H,27,29,31)/b28-16+/t12-,15-,21+/m0/s1. The number of thioether (sulfide) groups is 1. The third-order valence-electron chi connectivity index (χ3n) is 7.39. The van der Waals surface area contributed by atoms with Gasteiger partial charge in [-0.1, -0.05) is 38.6 Å². The molecule has 0 aromatic heterocycles. The molecule has 1 aliphatic heterocycles. The zero-order chi connectivity index (χ0) is 23.3. The summed E-state index contributed by atoms with van der Waals surface area (Å²) in [5.74, 6) is -0.330. The minimum atomic E-state index is -4.50. The molecule has 6 nitrogen and oxygen atoms in total. The van der Waals surface area contributed by atoms with Gasteiger partial charge in [0.15, 0.2) is 5.17 Å². The van der Waals surface area contributed by atoms with Gasteiger partial charge < -0.3 is 10.6 Å². The molecule has 2 saturated carbocycles. The molecule has 0 unspecified atom stereocenters. The summed E-state index contributed by atoms with van der Waals surface area (Å²) in [5.41, 5.74) is 0.392. The number of carbonyl (C=O) groups excluding carboxylic acids is 2. The van der Waals surface area contributed by atoms with Crippen molar-refractivity contribution in [2.75, 3.05) is 5.32 Å². The van der Waals surface area contributed by atoms with Gasteiger partial charge in [-0.05, 0) is 48.8 Å². The van der Waals surface area contributed by atoms with Gasteiger partial charge in [0.2, 0.25) is 11.8 Å². The molecule has 0 radical (unpaired) electrons. The quantitative estimate of drug-likeness (QED) is 0.624. The summed E-state index contributed by atoms with van der Waals surface area (Å²) in [5, 5.41) is 13.4. The molecule has 4 rings (SSSR count).